The summed E-state index contributed by atoms with van der Waals surface area (Å²) in [5, 5.41) is 3.10. The summed E-state index contributed by atoms with van der Waals surface area (Å²) in [5.74, 6) is 1.13. The number of benzene rings is 1. The molecule has 1 aromatic rings. The minimum absolute atomic E-state index is 0.127. The predicted molar refractivity (Wildman–Crippen MR) is 94.5 cm³/mol. The van der Waals surface area contributed by atoms with Crippen LogP contribution in [0.1, 0.15) is 23.2 Å². The van der Waals surface area contributed by atoms with Crippen LogP contribution in [0.3, 0.4) is 0 Å². The SMILES string of the molecule is COC(=O)c1ccc(NC(=O)N2CCC[C@@H](CSC)C2)cc1Cl. The van der Waals surface area contributed by atoms with Gasteiger partial charge in [-0.2, -0.15) is 11.8 Å². The van der Waals surface area contributed by atoms with Crippen molar-refractivity contribution in [1.29, 1.82) is 0 Å². The van der Waals surface area contributed by atoms with Crippen molar-refractivity contribution in [2.24, 2.45) is 5.92 Å². The van der Waals surface area contributed by atoms with Crippen LogP contribution in [0.5, 0.6) is 0 Å². The average molecular weight is 357 g/mol. The molecule has 1 heterocycles. The van der Waals surface area contributed by atoms with Gasteiger partial charge in [0.25, 0.3) is 0 Å². The van der Waals surface area contributed by atoms with E-state index in [1.165, 1.54) is 13.5 Å². The number of hydrogen-bond acceptors (Lipinski definition) is 4. The Morgan fingerprint density at radius 3 is 2.91 bits per heavy atom. The molecule has 1 atom stereocenters. The molecule has 126 valence electrons. The van der Waals surface area contributed by atoms with Gasteiger partial charge in [-0.3, -0.25) is 0 Å². The molecule has 2 amide bonds. The number of nitrogens with zero attached hydrogens (tertiary/aromatic N) is 1. The van der Waals surface area contributed by atoms with Crippen LogP contribution in [0.2, 0.25) is 5.02 Å². The number of thioether (sulfide) groups is 1. The Labute approximate surface area is 145 Å². The van der Waals surface area contributed by atoms with Gasteiger partial charge in [0, 0.05) is 18.8 Å². The quantitative estimate of drug-likeness (QED) is 0.835. The molecule has 0 aliphatic carbocycles. The van der Waals surface area contributed by atoms with Crippen molar-refractivity contribution in [3.8, 4) is 0 Å². The molecule has 0 saturated carbocycles. The smallest absolute Gasteiger partial charge is 0.339 e. The van der Waals surface area contributed by atoms with Crippen molar-refractivity contribution >= 4 is 41.1 Å². The highest BCUT2D eigenvalue weighted by atomic mass is 35.5. The van der Waals surface area contributed by atoms with Crippen molar-refractivity contribution in [1.82, 2.24) is 4.90 Å². The molecule has 5 nitrogen and oxygen atoms in total. The summed E-state index contributed by atoms with van der Waals surface area (Å²) >= 11 is 7.88. The second-order valence-electron chi connectivity index (χ2n) is 5.53. The highest BCUT2D eigenvalue weighted by Crippen LogP contribution is 2.23. The van der Waals surface area contributed by atoms with E-state index in [0.29, 0.717) is 11.6 Å². The number of halogens is 1. The number of nitrogens with one attached hydrogen (secondary N) is 1. The number of rotatable bonds is 4. The number of urea groups is 1. The van der Waals surface area contributed by atoms with E-state index in [4.69, 9.17) is 11.6 Å². The monoisotopic (exact) mass is 356 g/mol. The maximum atomic E-state index is 12.4. The average Bonchev–Trinajstić information content (AvgIpc) is 2.55. The van der Waals surface area contributed by atoms with Crippen molar-refractivity contribution in [3.05, 3.63) is 28.8 Å². The lowest BCUT2D eigenvalue weighted by atomic mass is 10.0. The van der Waals surface area contributed by atoms with Gasteiger partial charge in [0.15, 0.2) is 0 Å². The highest BCUT2D eigenvalue weighted by Gasteiger charge is 2.23. The number of hydrogen-bond donors (Lipinski definition) is 1. The molecule has 1 aromatic carbocycles. The van der Waals surface area contributed by atoms with Gasteiger partial charge < -0.3 is 15.0 Å². The first-order valence-electron chi connectivity index (χ1n) is 7.48. The van der Waals surface area contributed by atoms with E-state index < -0.39 is 5.97 Å². The van der Waals surface area contributed by atoms with E-state index in [0.717, 1.165) is 25.3 Å². The molecule has 1 saturated heterocycles. The zero-order valence-corrected chi connectivity index (χ0v) is 14.9. The standard InChI is InChI=1S/C16H21ClN2O3S/c1-22-15(20)13-6-5-12(8-14(13)17)18-16(21)19-7-3-4-11(9-19)10-23-2/h5-6,8,11H,3-4,7,9-10H2,1-2H3,(H,18,21)/t11-/m1/s1. The second kappa shape index (κ2) is 8.45. The summed E-state index contributed by atoms with van der Waals surface area (Å²) < 4.78 is 4.65. The van der Waals surface area contributed by atoms with E-state index in [1.807, 2.05) is 16.7 Å². The van der Waals surface area contributed by atoms with Crippen LogP contribution in [0.25, 0.3) is 0 Å². The molecule has 23 heavy (non-hydrogen) atoms. The number of ether oxygens (including phenoxy) is 1. The fourth-order valence-electron chi connectivity index (χ4n) is 2.69. The van der Waals surface area contributed by atoms with E-state index >= 15 is 0 Å². The number of esters is 1. The summed E-state index contributed by atoms with van der Waals surface area (Å²) in [7, 11) is 1.30. The fraction of sp³-hybridized carbons (Fsp3) is 0.500. The van der Waals surface area contributed by atoms with Gasteiger partial charge in [-0.1, -0.05) is 11.6 Å². The van der Waals surface area contributed by atoms with Gasteiger partial charge in [-0.25, -0.2) is 9.59 Å². The zero-order chi connectivity index (χ0) is 16.8. The molecule has 0 aromatic heterocycles. The molecular weight excluding hydrogens is 336 g/mol. The van der Waals surface area contributed by atoms with Crippen LogP contribution >= 0.6 is 23.4 Å². The van der Waals surface area contributed by atoms with E-state index in [2.05, 4.69) is 16.3 Å². The lowest BCUT2D eigenvalue weighted by Crippen LogP contribution is -2.42. The van der Waals surface area contributed by atoms with Crippen molar-refractivity contribution < 1.29 is 14.3 Å². The Bertz CT molecular complexity index is 580. The zero-order valence-electron chi connectivity index (χ0n) is 13.3. The molecular formula is C16H21ClN2O3S. The third-order valence-electron chi connectivity index (χ3n) is 3.83. The predicted octanol–water partition coefficient (Wildman–Crippen LogP) is 3.73. The largest absolute Gasteiger partial charge is 0.465 e. The van der Waals surface area contributed by atoms with Gasteiger partial charge in [0.05, 0.1) is 17.7 Å². The topological polar surface area (TPSA) is 58.6 Å². The van der Waals surface area contributed by atoms with E-state index in [-0.39, 0.29) is 16.6 Å². The normalized spacial score (nSPS) is 17.7. The maximum absolute atomic E-state index is 12.4. The first-order chi connectivity index (χ1) is 11.0. The lowest BCUT2D eigenvalue weighted by molar-refractivity contribution is 0.0601. The summed E-state index contributed by atoms with van der Waals surface area (Å²) in [6.45, 7) is 1.55. The molecule has 1 N–H and O–H groups in total. The minimum Gasteiger partial charge on any atom is -0.465 e. The van der Waals surface area contributed by atoms with Crippen LogP contribution in [0, 0.1) is 5.92 Å². The molecule has 1 aliphatic heterocycles. The van der Waals surface area contributed by atoms with E-state index in [1.54, 1.807) is 18.2 Å². The minimum atomic E-state index is -0.496. The molecule has 0 bridgehead atoms. The molecule has 7 heteroatoms. The number of likely N-dealkylation sites (tertiary alicyclic amines) is 1. The number of piperidine rings is 1. The van der Waals surface area contributed by atoms with Gasteiger partial charge in [0.1, 0.15) is 0 Å². The molecule has 0 unspecified atom stereocenters. The van der Waals surface area contributed by atoms with Gasteiger partial charge in [0.2, 0.25) is 0 Å². The molecule has 1 aliphatic rings. The van der Waals surface area contributed by atoms with Crippen molar-refractivity contribution in [3.63, 3.8) is 0 Å². The first kappa shape index (κ1) is 17.9. The fourth-order valence-corrected chi connectivity index (χ4v) is 3.69. The Kier molecular flexibility index (Phi) is 6.59. The van der Waals surface area contributed by atoms with Gasteiger partial charge in [-0.05, 0) is 49.0 Å². The van der Waals surface area contributed by atoms with Crippen LogP contribution in [0.4, 0.5) is 10.5 Å². The Morgan fingerprint density at radius 1 is 1.48 bits per heavy atom. The maximum Gasteiger partial charge on any atom is 0.339 e. The molecule has 1 fully saturated rings. The lowest BCUT2D eigenvalue weighted by Gasteiger charge is -2.32. The third-order valence-corrected chi connectivity index (χ3v) is 4.95. The van der Waals surface area contributed by atoms with Crippen LogP contribution in [-0.4, -0.2) is 49.1 Å². The number of carbonyl (C=O) groups is 2. The Hall–Kier alpha value is -1.40. The van der Waals surface area contributed by atoms with Crippen LogP contribution < -0.4 is 5.32 Å². The Morgan fingerprint density at radius 2 is 2.26 bits per heavy atom. The van der Waals surface area contributed by atoms with Gasteiger partial charge in [-0.15, -0.1) is 0 Å². The number of amides is 2. The highest BCUT2D eigenvalue weighted by molar-refractivity contribution is 7.98. The summed E-state index contributed by atoms with van der Waals surface area (Å²) in [6.07, 6.45) is 4.29. The summed E-state index contributed by atoms with van der Waals surface area (Å²) in [6, 6.07) is 4.64. The third kappa shape index (κ3) is 4.78. The molecule has 0 spiro atoms. The van der Waals surface area contributed by atoms with E-state index in [9.17, 15) is 9.59 Å². The summed E-state index contributed by atoms with van der Waals surface area (Å²) in [5.41, 5.74) is 0.852. The molecule has 0 radical (unpaired) electrons. The Balaban J connectivity index is 2.00. The van der Waals surface area contributed by atoms with Crippen LogP contribution in [0.15, 0.2) is 18.2 Å². The van der Waals surface area contributed by atoms with Crippen molar-refractivity contribution in [2.75, 3.05) is 37.5 Å². The number of methoxy groups -OCH3 is 1. The van der Waals surface area contributed by atoms with Gasteiger partial charge >= 0.3 is 12.0 Å². The second-order valence-corrected chi connectivity index (χ2v) is 6.84. The summed E-state index contributed by atoms with van der Waals surface area (Å²) in [4.78, 5) is 25.7. The molecule has 2 rings (SSSR count). The number of carbonyl (C=O) groups excluding carboxylic acids is 2. The first-order valence-corrected chi connectivity index (χ1v) is 9.25. The van der Waals surface area contributed by atoms with Crippen molar-refractivity contribution in [2.45, 2.75) is 12.8 Å². The van der Waals surface area contributed by atoms with Crippen LogP contribution in [-0.2, 0) is 4.74 Å². The number of anilines is 1.